The smallest absolute Gasteiger partial charge is 0.130 e. The molecule has 0 heterocycles. The second kappa shape index (κ2) is 15.7. The molecule has 0 spiro atoms. The molecule has 0 N–H and O–H groups in total. The predicted octanol–water partition coefficient (Wildman–Crippen LogP) is 2.39. The first-order valence-electron chi connectivity index (χ1n) is 2.83. The molecule has 50 valence electrons. The van der Waals surface area contributed by atoms with E-state index in [1.807, 2.05) is 0 Å². The lowest BCUT2D eigenvalue weighted by atomic mass is 10.4. The molecule has 0 aliphatic heterocycles. The number of rotatable bonds is 2. The minimum Gasteiger partial charge on any atom is -0.302 e. The average molecular weight is 181 g/mol. The van der Waals surface area contributed by atoms with Gasteiger partial charge in [0.05, 0.1) is 5.33 Å². The minimum absolute atomic E-state index is 0.451. The van der Waals surface area contributed by atoms with E-state index in [2.05, 4.69) is 29.8 Å². The third kappa shape index (κ3) is 35.3. The molecule has 8 heavy (non-hydrogen) atoms. The number of carbonyl (C=O) groups is 1. The van der Waals surface area contributed by atoms with Crippen molar-refractivity contribution in [3.05, 3.63) is 0 Å². The van der Waals surface area contributed by atoms with Crippen LogP contribution in [0.1, 0.15) is 26.7 Å². The second-order valence-electron chi connectivity index (χ2n) is 1.32. The Kier molecular flexibility index (Phi) is 21.6. The third-order valence-electron chi connectivity index (χ3n) is 0.563. The van der Waals surface area contributed by atoms with Crippen LogP contribution in [0, 0.1) is 0 Å². The first-order chi connectivity index (χ1) is 3.83. The summed E-state index contributed by atoms with van der Waals surface area (Å²) < 4.78 is 0. The summed E-state index contributed by atoms with van der Waals surface area (Å²) in [6.07, 6.45) is 3.43. The summed E-state index contributed by atoms with van der Waals surface area (Å²) in [7, 11) is 0. The van der Waals surface area contributed by atoms with Gasteiger partial charge in [-0.3, -0.25) is 0 Å². The van der Waals surface area contributed by atoms with Gasteiger partial charge in [-0.15, -0.1) is 0 Å². The van der Waals surface area contributed by atoms with E-state index >= 15 is 0 Å². The second-order valence-corrected chi connectivity index (χ2v) is 1.97. The Morgan fingerprint density at radius 3 is 1.62 bits per heavy atom. The lowest BCUT2D eigenvalue weighted by Crippen LogP contribution is -1.61. The fourth-order valence-corrected chi connectivity index (χ4v) is 0. The standard InChI is InChI=1S/C4H10.C2H3BrO/c1-3-4-2;3-1-2-4/h3-4H2,1-2H3;2H,1H2. The van der Waals surface area contributed by atoms with Crippen LogP contribution >= 0.6 is 15.9 Å². The fraction of sp³-hybridized carbons (Fsp3) is 0.833. The molecule has 0 rings (SSSR count). The molecule has 0 aromatic carbocycles. The molecule has 0 fully saturated rings. The average Bonchev–Trinajstić information content (AvgIpc) is 1.88. The molecule has 0 atom stereocenters. The maximum absolute atomic E-state index is 9.13. The lowest BCUT2D eigenvalue weighted by molar-refractivity contribution is -0.105. The Morgan fingerprint density at radius 1 is 1.38 bits per heavy atom. The van der Waals surface area contributed by atoms with Crippen LogP contribution in [-0.4, -0.2) is 11.6 Å². The van der Waals surface area contributed by atoms with Gasteiger partial charge in [0.1, 0.15) is 6.29 Å². The Balaban J connectivity index is 0. The van der Waals surface area contributed by atoms with Crippen molar-refractivity contribution in [1.29, 1.82) is 0 Å². The molecule has 2 heteroatoms. The van der Waals surface area contributed by atoms with Crippen molar-refractivity contribution in [2.45, 2.75) is 26.7 Å². The van der Waals surface area contributed by atoms with Crippen LogP contribution < -0.4 is 0 Å². The van der Waals surface area contributed by atoms with E-state index in [4.69, 9.17) is 4.79 Å². The molecule has 0 aliphatic rings. The number of halogens is 1. The van der Waals surface area contributed by atoms with Crippen LogP contribution in [0.2, 0.25) is 0 Å². The van der Waals surface area contributed by atoms with Crippen LogP contribution in [0.3, 0.4) is 0 Å². The molecular formula is C6H13BrO. The highest BCUT2D eigenvalue weighted by molar-refractivity contribution is 9.09. The van der Waals surface area contributed by atoms with E-state index in [-0.39, 0.29) is 0 Å². The molecule has 0 amide bonds. The molecule has 0 radical (unpaired) electrons. The van der Waals surface area contributed by atoms with E-state index in [9.17, 15) is 0 Å². The van der Waals surface area contributed by atoms with Crippen molar-refractivity contribution in [2.24, 2.45) is 0 Å². The maximum Gasteiger partial charge on any atom is 0.130 e. The highest BCUT2D eigenvalue weighted by Gasteiger charge is 1.56. The summed E-state index contributed by atoms with van der Waals surface area (Å²) in [4.78, 5) is 9.13. The summed E-state index contributed by atoms with van der Waals surface area (Å²) in [5, 5.41) is 0.451. The third-order valence-corrected chi connectivity index (χ3v) is 0.827. The van der Waals surface area contributed by atoms with Crippen molar-refractivity contribution in [3.8, 4) is 0 Å². The number of carbonyl (C=O) groups excluding carboxylic acids is 1. The van der Waals surface area contributed by atoms with Gasteiger partial charge in [0.25, 0.3) is 0 Å². The number of unbranched alkanes of at least 4 members (excludes halogenated alkanes) is 1. The van der Waals surface area contributed by atoms with Gasteiger partial charge < -0.3 is 4.79 Å². The summed E-state index contributed by atoms with van der Waals surface area (Å²) in [6.45, 7) is 4.36. The van der Waals surface area contributed by atoms with Gasteiger partial charge in [-0.1, -0.05) is 42.6 Å². The van der Waals surface area contributed by atoms with Gasteiger partial charge in [-0.2, -0.15) is 0 Å². The van der Waals surface area contributed by atoms with Gasteiger partial charge in [0.2, 0.25) is 0 Å². The summed E-state index contributed by atoms with van der Waals surface area (Å²) in [5.41, 5.74) is 0. The molecule has 0 saturated carbocycles. The Bertz CT molecular complexity index is 35.5. The highest BCUT2D eigenvalue weighted by Crippen LogP contribution is 1.76. The Morgan fingerprint density at radius 2 is 1.62 bits per heavy atom. The summed E-state index contributed by atoms with van der Waals surface area (Å²) >= 11 is 2.88. The van der Waals surface area contributed by atoms with Crippen molar-refractivity contribution in [2.75, 3.05) is 5.33 Å². The first-order valence-corrected chi connectivity index (χ1v) is 3.95. The molecule has 1 nitrogen and oxygen atoms in total. The highest BCUT2D eigenvalue weighted by atomic mass is 79.9. The van der Waals surface area contributed by atoms with Gasteiger partial charge >= 0.3 is 0 Å². The lowest BCUT2D eigenvalue weighted by Gasteiger charge is -1.68. The van der Waals surface area contributed by atoms with Gasteiger partial charge in [0.15, 0.2) is 0 Å². The molecule has 0 saturated heterocycles. The minimum atomic E-state index is 0.451. The van der Waals surface area contributed by atoms with E-state index < -0.39 is 0 Å². The van der Waals surface area contributed by atoms with E-state index in [1.165, 1.54) is 12.8 Å². The van der Waals surface area contributed by atoms with Crippen molar-refractivity contribution in [1.82, 2.24) is 0 Å². The van der Waals surface area contributed by atoms with Crippen LogP contribution in [0.5, 0.6) is 0 Å². The van der Waals surface area contributed by atoms with Crippen LogP contribution in [0.25, 0.3) is 0 Å². The molecule has 0 aliphatic carbocycles. The van der Waals surface area contributed by atoms with Gasteiger partial charge in [-0.25, -0.2) is 0 Å². The van der Waals surface area contributed by atoms with Crippen molar-refractivity contribution < 1.29 is 4.79 Å². The van der Waals surface area contributed by atoms with Gasteiger partial charge in [-0.05, 0) is 0 Å². The number of aldehydes is 1. The molecule has 0 aromatic heterocycles. The maximum atomic E-state index is 9.13. The topological polar surface area (TPSA) is 17.1 Å². The fourth-order valence-electron chi connectivity index (χ4n) is 0. The Labute approximate surface area is 59.6 Å². The molecule has 0 aromatic rings. The summed E-state index contributed by atoms with van der Waals surface area (Å²) in [5.74, 6) is 0. The van der Waals surface area contributed by atoms with Crippen LogP contribution in [-0.2, 0) is 4.79 Å². The molecular weight excluding hydrogens is 168 g/mol. The van der Waals surface area contributed by atoms with Gasteiger partial charge in [0, 0.05) is 0 Å². The predicted molar refractivity (Wildman–Crippen MR) is 40.4 cm³/mol. The molecule has 0 unspecified atom stereocenters. The van der Waals surface area contributed by atoms with Crippen LogP contribution in [0.15, 0.2) is 0 Å². The zero-order valence-corrected chi connectivity index (χ0v) is 7.07. The van der Waals surface area contributed by atoms with E-state index in [1.54, 1.807) is 0 Å². The van der Waals surface area contributed by atoms with Crippen LogP contribution in [0.4, 0.5) is 0 Å². The quantitative estimate of drug-likeness (QED) is 0.472. The normalized spacial score (nSPS) is 6.88. The largest absolute Gasteiger partial charge is 0.302 e. The zero-order chi connectivity index (χ0) is 6.83. The SMILES string of the molecule is CCCC.O=CCBr. The Hall–Kier alpha value is 0.150. The first kappa shape index (κ1) is 11.0. The van der Waals surface area contributed by atoms with Crippen molar-refractivity contribution >= 4 is 22.2 Å². The number of hydrogen-bond donors (Lipinski definition) is 0. The van der Waals surface area contributed by atoms with E-state index in [0.717, 1.165) is 6.29 Å². The monoisotopic (exact) mass is 180 g/mol. The van der Waals surface area contributed by atoms with Crippen molar-refractivity contribution in [3.63, 3.8) is 0 Å². The number of hydrogen-bond acceptors (Lipinski definition) is 1. The number of alkyl halides is 1. The van der Waals surface area contributed by atoms with E-state index in [0.29, 0.717) is 5.33 Å². The molecule has 0 bridgehead atoms. The zero-order valence-electron chi connectivity index (χ0n) is 5.48. The summed E-state index contributed by atoms with van der Waals surface area (Å²) in [6, 6.07) is 0.